The summed E-state index contributed by atoms with van der Waals surface area (Å²) in [6.45, 7) is 2.04. The predicted octanol–water partition coefficient (Wildman–Crippen LogP) is 4.08. The first-order valence-corrected chi connectivity index (χ1v) is 10.2. The van der Waals surface area contributed by atoms with Gasteiger partial charge in [-0.15, -0.1) is 11.8 Å². The van der Waals surface area contributed by atoms with Crippen molar-refractivity contribution in [1.29, 1.82) is 0 Å². The molecule has 0 aliphatic heterocycles. The Hall–Kier alpha value is -2.60. The van der Waals surface area contributed by atoms with Gasteiger partial charge >= 0.3 is 0 Å². The molecule has 0 saturated carbocycles. The second kappa shape index (κ2) is 7.96. The lowest BCUT2D eigenvalue weighted by atomic mass is 10.1. The van der Waals surface area contributed by atoms with Gasteiger partial charge in [-0.1, -0.05) is 47.1 Å². The Bertz CT molecular complexity index is 937. The number of carbonyl (C=O) groups is 1. The predicted molar refractivity (Wildman–Crippen MR) is 106 cm³/mol. The van der Waals surface area contributed by atoms with Gasteiger partial charge < -0.3 is 9.84 Å². The van der Waals surface area contributed by atoms with E-state index in [2.05, 4.69) is 33.7 Å². The number of nitrogens with one attached hydrogen (secondary N) is 1. The van der Waals surface area contributed by atoms with Crippen LogP contribution in [0.15, 0.2) is 53.1 Å². The van der Waals surface area contributed by atoms with Crippen molar-refractivity contribution < 1.29 is 9.32 Å². The maximum Gasteiger partial charge on any atom is 0.257 e. The molecule has 0 spiro atoms. The van der Waals surface area contributed by atoms with Crippen molar-refractivity contribution in [1.82, 2.24) is 15.5 Å². The number of aromatic nitrogens is 2. The summed E-state index contributed by atoms with van der Waals surface area (Å²) in [6.07, 6.45) is 2.00. The van der Waals surface area contributed by atoms with Gasteiger partial charge in [0.05, 0.1) is 17.5 Å². The molecule has 0 radical (unpaired) electrons. The quantitative estimate of drug-likeness (QED) is 0.699. The summed E-state index contributed by atoms with van der Waals surface area (Å²) in [4.78, 5) is 16.7. The molecule has 0 bridgehead atoms. The zero-order chi connectivity index (χ0) is 18.6. The molecular formula is C21H21N3O2S. The maximum atomic E-state index is 12.3. The van der Waals surface area contributed by atoms with Crippen molar-refractivity contribution in [3.8, 4) is 11.5 Å². The van der Waals surface area contributed by atoms with E-state index in [0.29, 0.717) is 23.2 Å². The van der Waals surface area contributed by atoms with Crippen LogP contribution in [-0.4, -0.2) is 21.8 Å². The third kappa shape index (κ3) is 4.22. The first-order chi connectivity index (χ1) is 13.2. The van der Waals surface area contributed by atoms with E-state index in [0.717, 1.165) is 18.4 Å². The van der Waals surface area contributed by atoms with Crippen LogP contribution in [0.4, 0.5) is 0 Å². The molecule has 27 heavy (non-hydrogen) atoms. The minimum absolute atomic E-state index is 0.0453. The number of hydrogen-bond acceptors (Lipinski definition) is 5. The molecule has 1 atom stereocenters. The van der Waals surface area contributed by atoms with E-state index >= 15 is 0 Å². The van der Waals surface area contributed by atoms with E-state index in [1.807, 2.05) is 37.3 Å². The zero-order valence-electron chi connectivity index (χ0n) is 15.1. The van der Waals surface area contributed by atoms with Crippen LogP contribution in [0.25, 0.3) is 11.5 Å². The van der Waals surface area contributed by atoms with E-state index in [4.69, 9.17) is 4.52 Å². The summed E-state index contributed by atoms with van der Waals surface area (Å²) >= 11 is 1.49. The normalized spacial score (nSPS) is 15.5. The number of aryl methyl sites for hydroxylation is 2. The minimum Gasteiger partial charge on any atom is -0.349 e. The highest BCUT2D eigenvalue weighted by Gasteiger charge is 2.23. The summed E-state index contributed by atoms with van der Waals surface area (Å²) in [6, 6.07) is 16.4. The molecule has 138 valence electrons. The van der Waals surface area contributed by atoms with Gasteiger partial charge in [-0.25, -0.2) is 0 Å². The van der Waals surface area contributed by atoms with Gasteiger partial charge in [-0.05, 0) is 43.0 Å². The SMILES string of the molecule is Cc1ccc(-c2nc(CSCC(=O)N[C@H]3CCc4ccccc43)no2)cc1. The zero-order valence-corrected chi connectivity index (χ0v) is 16.0. The molecule has 3 aromatic rings. The largest absolute Gasteiger partial charge is 0.349 e. The monoisotopic (exact) mass is 379 g/mol. The van der Waals surface area contributed by atoms with Crippen molar-refractivity contribution >= 4 is 17.7 Å². The Morgan fingerprint density at radius 1 is 1.22 bits per heavy atom. The first kappa shape index (κ1) is 17.8. The molecule has 6 heteroatoms. The number of benzene rings is 2. The molecule has 0 saturated heterocycles. The van der Waals surface area contributed by atoms with Crippen LogP contribution in [0.3, 0.4) is 0 Å². The van der Waals surface area contributed by atoms with Crippen molar-refractivity contribution in [3.05, 3.63) is 71.0 Å². The average Bonchev–Trinajstić information content (AvgIpc) is 3.30. The van der Waals surface area contributed by atoms with Crippen LogP contribution in [0.5, 0.6) is 0 Å². The molecule has 0 unspecified atom stereocenters. The molecule has 0 fully saturated rings. The minimum atomic E-state index is 0.0453. The van der Waals surface area contributed by atoms with Crippen molar-refractivity contribution in [2.45, 2.75) is 31.6 Å². The summed E-state index contributed by atoms with van der Waals surface area (Å²) in [5.41, 5.74) is 4.68. The molecule has 1 heterocycles. The topological polar surface area (TPSA) is 68.0 Å². The number of hydrogen-bond donors (Lipinski definition) is 1. The molecule has 4 rings (SSSR count). The Kier molecular flexibility index (Phi) is 5.25. The molecule has 1 aromatic heterocycles. The van der Waals surface area contributed by atoms with Crippen LogP contribution in [0.1, 0.15) is 35.0 Å². The molecule has 5 nitrogen and oxygen atoms in total. The number of rotatable bonds is 6. The molecule has 2 aromatic carbocycles. The number of fused-ring (bicyclic) bond motifs is 1. The number of nitrogens with zero attached hydrogens (tertiary/aromatic N) is 2. The summed E-state index contributed by atoms with van der Waals surface area (Å²) < 4.78 is 5.32. The van der Waals surface area contributed by atoms with E-state index in [9.17, 15) is 4.79 Å². The Morgan fingerprint density at radius 2 is 2.04 bits per heavy atom. The fourth-order valence-corrected chi connectivity index (χ4v) is 3.97. The third-order valence-corrected chi connectivity index (χ3v) is 5.63. The van der Waals surface area contributed by atoms with Crippen LogP contribution >= 0.6 is 11.8 Å². The van der Waals surface area contributed by atoms with Gasteiger partial charge in [0.15, 0.2) is 5.82 Å². The van der Waals surface area contributed by atoms with Crippen molar-refractivity contribution in [2.75, 3.05) is 5.75 Å². The average molecular weight is 379 g/mol. The molecule has 1 aliphatic carbocycles. The summed E-state index contributed by atoms with van der Waals surface area (Å²) in [5.74, 6) is 2.09. The van der Waals surface area contributed by atoms with E-state index in [-0.39, 0.29) is 11.9 Å². The summed E-state index contributed by atoms with van der Waals surface area (Å²) in [5, 5.41) is 7.14. The highest BCUT2D eigenvalue weighted by atomic mass is 32.2. The van der Waals surface area contributed by atoms with Gasteiger partial charge in [-0.2, -0.15) is 4.98 Å². The van der Waals surface area contributed by atoms with Crippen LogP contribution in [-0.2, 0) is 17.0 Å². The summed E-state index contributed by atoms with van der Waals surface area (Å²) in [7, 11) is 0. The Balaban J connectivity index is 1.27. The van der Waals surface area contributed by atoms with Crippen LogP contribution in [0, 0.1) is 6.92 Å². The lowest BCUT2D eigenvalue weighted by molar-refractivity contribution is -0.119. The second-order valence-corrected chi connectivity index (χ2v) is 7.72. The number of carbonyl (C=O) groups excluding carboxylic acids is 1. The number of amides is 1. The van der Waals surface area contributed by atoms with Gasteiger partial charge in [0.25, 0.3) is 5.89 Å². The Labute approximate surface area is 162 Å². The fourth-order valence-electron chi connectivity index (χ4n) is 3.30. The lowest BCUT2D eigenvalue weighted by Crippen LogP contribution is -2.28. The maximum absolute atomic E-state index is 12.3. The van der Waals surface area contributed by atoms with Gasteiger partial charge in [0, 0.05) is 5.56 Å². The van der Waals surface area contributed by atoms with E-state index < -0.39 is 0 Å². The standard InChI is InChI=1S/C21H21N3O2S/c1-14-6-8-16(9-7-14)21-23-19(24-26-21)12-27-13-20(25)22-18-11-10-15-4-2-3-5-17(15)18/h2-9,18H,10-13H2,1H3,(H,22,25)/t18-/m0/s1. The molecule has 1 amide bonds. The van der Waals surface area contributed by atoms with Gasteiger partial charge in [0.1, 0.15) is 0 Å². The van der Waals surface area contributed by atoms with Crippen molar-refractivity contribution in [3.63, 3.8) is 0 Å². The highest BCUT2D eigenvalue weighted by Crippen LogP contribution is 2.30. The van der Waals surface area contributed by atoms with Crippen LogP contribution in [0.2, 0.25) is 0 Å². The molecule has 1 N–H and O–H groups in total. The molecule has 1 aliphatic rings. The second-order valence-electron chi connectivity index (χ2n) is 6.73. The van der Waals surface area contributed by atoms with Gasteiger partial charge in [-0.3, -0.25) is 4.79 Å². The third-order valence-electron chi connectivity index (χ3n) is 4.70. The first-order valence-electron chi connectivity index (χ1n) is 9.03. The van der Waals surface area contributed by atoms with Crippen molar-refractivity contribution in [2.24, 2.45) is 0 Å². The van der Waals surface area contributed by atoms with Crippen LogP contribution < -0.4 is 5.32 Å². The van der Waals surface area contributed by atoms with E-state index in [1.54, 1.807) is 0 Å². The fraction of sp³-hybridized carbons (Fsp3) is 0.286. The Morgan fingerprint density at radius 3 is 2.89 bits per heavy atom. The van der Waals surface area contributed by atoms with Gasteiger partial charge in [0.2, 0.25) is 5.91 Å². The number of thioether (sulfide) groups is 1. The molecular weight excluding hydrogens is 358 g/mol. The van der Waals surface area contributed by atoms with E-state index in [1.165, 1.54) is 28.5 Å². The smallest absolute Gasteiger partial charge is 0.257 e. The lowest BCUT2D eigenvalue weighted by Gasteiger charge is -2.13. The highest BCUT2D eigenvalue weighted by molar-refractivity contribution is 7.99.